The maximum absolute atomic E-state index is 12.3. The molecule has 1 fully saturated rings. The maximum Gasteiger partial charge on any atom is 0.399 e. The van der Waals surface area contributed by atoms with Gasteiger partial charge in [-0.25, -0.2) is 0 Å². The summed E-state index contributed by atoms with van der Waals surface area (Å²) in [7, 11) is 4.45. The van der Waals surface area contributed by atoms with Gasteiger partial charge >= 0.3 is 6.18 Å². The van der Waals surface area contributed by atoms with E-state index in [1.165, 1.54) is 0 Å². The zero-order chi connectivity index (χ0) is 11.4. The Morgan fingerprint density at radius 1 is 1.00 bits per heavy atom. The van der Waals surface area contributed by atoms with Crippen molar-refractivity contribution in [3.8, 4) is 0 Å². The Kier molecular flexibility index (Phi) is 2.21. The van der Waals surface area contributed by atoms with Gasteiger partial charge in [0.1, 0.15) is 5.41 Å². The molecule has 4 N–H and O–H groups in total. The van der Waals surface area contributed by atoms with Crippen molar-refractivity contribution in [1.82, 2.24) is 0 Å². The molecule has 0 amide bonds. The van der Waals surface area contributed by atoms with E-state index < -0.39 is 35.9 Å². The van der Waals surface area contributed by atoms with Crippen LogP contribution >= 0.6 is 0 Å². The molecule has 2 radical (unpaired) electrons. The molecule has 0 heterocycles. The summed E-state index contributed by atoms with van der Waals surface area (Å²) in [5, 5.41) is 35.2. The Hall–Kier alpha value is -0.305. The average molecular weight is 212 g/mol. The predicted molar refractivity (Wildman–Crippen MR) is 37.8 cm³/mol. The molecule has 0 aromatic rings. The predicted octanol–water partition coefficient (Wildman–Crippen LogP) is -1.18. The van der Waals surface area contributed by atoms with E-state index >= 15 is 0 Å². The molecule has 8 heteroatoms. The van der Waals surface area contributed by atoms with Crippen LogP contribution < -0.4 is 0 Å². The average Bonchev–Trinajstić information content (AvgIpc) is 2.58. The number of alkyl halides is 3. The van der Waals surface area contributed by atoms with E-state index in [-0.39, 0.29) is 0 Å². The number of hydrogen-bond donors (Lipinski definition) is 4. The van der Waals surface area contributed by atoms with Crippen LogP contribution in [0.1, 0.15) is 12.8 Å². The highest BCUT2D eigenvalue weighted by Gasteiger charge is 2.77. The van der Waals surface area contributed by atoms with Crippen LogP contribution in [0.15, 0.2) is 0 Å². The van der Waals surface area contributed by atoms with Crippen molar-refractivity contribution in [2.75, 3.05) is 0 Å². The molecule has 0 aromatic heterocycles. The molecule has 14 heavy (non-hydrogen) atoms. The first-order chi connectivity index (χ1) is 5.96. The quantitative estimate of drug-likeness (QED) is 0.343. The molecule has 0 bridgehead atoms. The second-order valence-corrected chi connectivity index (χ2v) is 3.48. The van der Waals surface area contributed by atoms with Crippen LogP contribution in [0.25, 0.3) is 0 Å². The minimum absolute atomic E-state index is 0.608. The van der Waals surface area contributed by atoms with Crippen LogP contribution in [0, 0.1) is 5.41 Å². The van der Waals surface area contributed by atoms with Gasteiger partial charge < -0.3 is 20.4 Å². The Bertz CT molecular complexity index is 226. The molecule has 0 spiro atoms. The highest BCUT2D eigenvalue weighted by molar-refractivity contribution is 6.13. The van der Waals surface area contributed by atoms with Gasteiger partial charge in [-0.15, -0.1) is 0 Å². The summed E-state index contributed by atoms with van der Waals surface area (Å²) in [5.74, 6) is -3.81. The summed E-state index contributed by atoms with van der Waals surface area (Å²) in [5.41, 5.74) is -6.66. The van der Waals surface area contributed by atoms with Gasteiger partial charge in [0.2, 0.25) is 5.79 Å². The molecule has 1 saturated carbocycles. The fourth-order valence-corrected chi connectivity index (χ4v) is 1.31. The van der Waals surface area contributed by atoms with E-state index in [0.29, 0.717) is 0 Å². The zero-order valence-corrected chi connectivity index (χ0v) is 6.91. The second kappa shape index (κ2) is 2.63. The highest BCUT2D eigenvalue weighted by Crippen LogP contribution is 2.64. The minimum atomic E-state index is -4.95. The molecule has 80 valence electrons. The topological polar surface area (TPSA) is 80.9 Å². The van der Waals surface area contributed by atoms with E-state index in [4.69, 9.17) is 20.4 Å². The fourth-order valence-electron chi connectivity index (χ4n) is 1.31. The van der Waals surface area contributed by atoms with Crippen LogP contribution in [-0.2, 0) is 0 Å². The fraction of sp³-hybridized carbons (Fsp3) is 1.00. The Morgan fingerprint density at radius 2 is 1.36 bits per heavy atom. The molecule has 4 nitrogen and oxygen atoms in total. The van der Waals surface area contributed by atoms with Crippen molar-refractivity contribution in [2.24, 2.45) is 5.41 Å². The number of halogens is 3. The smallest absolute Gasteiger partial charge is 0.370 e. The monoisotopic (exact) mass is 212 g/mol. The van der Waals surface area contributed by atoms with Crippen molar-refractivity contribution in [1.29, 1.82) is 0 Å². The Balaban J connectivity index is 3.05. The lowest BCUT2D eigenvalue weighted by molar-refractivity contribution is -0.388. The SMILES string of the molecule is [B]C(O)(O)C(O)(O)C1(C(F)(F)F)CC1. The second-order valence-electron chi connectivity index (χ2n) is 3.48. The van der Waals surface area contributed by atoms with Gasteiger partial charge in [0.15, 0.2) is 13.5 Å². The lowest BCUT2D eigenvalue weighted by atomic mass is 9.76. The summed E-state index contributed by atoms with van der Waals surface area (Å²) >= 11 is 0. The van der Waals surface area contributed by atoms with Crippen LogP contribution in [0.3, 0.4) is 0 Å². The molecular formula is C6H8BF3O4. The van der Waals surface area contributed by atoms with E-state index in [1.807, 2.05) is 0 Å². The van der Waals surface area contributed by atoms with Crippen molar-refractivity contribution >= 4 is 7.85 Å². The molecule has 1 rings (SSSR count). The van der Waals surface area contributed by atoms with Crippen LogP contribution in [-0.4, -0.2) is 45.9 Å². The number of hydrogen-bond acceptors (Lipinski definition) is 4. The van der Waals surface area contributed by atoms with E-state index in [0.717, 1.165) is 0 Å². The third kappa shape index (κ3) is 1.33. The normalized spacial score (nSPS) is 22.2. The third-order valence-corrected chi connectivity index (χ3v) is 2.47. The Labute approximate surface area is 78.4 Å². The minimum Gasteiger partial charge on any atom is -0.370 e. The van der Waals surface area contributed by atoms with Crippen molar-refractivity contribution in [3.05, 3.63) is 0 Å². The lowest BCUT2D eigenvalue weighted by Gasteiger charge is -2.40. The summed E-state index contributed by atoms with van der Waals surface area (Å²) in [4.78, 5) is 0. The molecule has 0 aromatic carbocycles. The number of aliphatic hydroxyl groups is 4. The first kappa shape index (κ1) is 11.8. The van der Waals surface area contributed by atoms with Crippen LogP contribution in [0.5, 0.6) is 0 Å². The van der Waals surface area contributed by atoms with Crippen LogP contribution in [0.4, 0.5) is 13.2 Å². The van der Waals surface area contributed by atoms with Gasteiger partial charge in [0, 0.05) is 0 Å². The molecule has 1 aliphatic rings. The van der Waals surface area contributed by atoms with Crippen LogP contribution in [0.2, 0.25) is 0 Å². The van der Waals surface area contributed by atoms with Gasteiger partial charge in [0.05, 0.1) is 0 Å². The van der Waals surface area contributed by atoms with Gasteiger partial charge in [-0.3, -0.25) is 0 Å². The zero-order valence-electron chi connectivity index (χ0n) is 6.91. The summed E-state index contributed by atoms with van der Waals surface area (Å²) in [6.07, 6.45) is -6.17. The largest absolute Gasteiger partial charge is 0.399 e. The van der Waals surface area contributed by atoms with E-state index in [1.54, 1.807) is 0 Å². The summed E-state index contributed by atoms with van der Waals surface area (Å²) in [6.45, 7) is 0. The molecule has 1 aliphatic carbocycles. The van der Waals surface area contributed by atoms with E-state index in [9.17, 15) is 13.2 Å². The van der Waals surface area contributed by atoms with Crippen molar-refractivity contribution < 1.29 is 33.6 Å². The van der Waals surface area contributed by atoms with Crippen molar-refractivity contribution in [3.63, 3.8) is 0 Å². The molecule has 0 aliphatic heterocycles. The van der Waals surface area contributed by atoms with Gasteiger partial charge in [0.25, 0.3) is 0 Å². The highest BCUT2D eigenvalue weighted by atomic mass is 19.4. The summed E-state index contributed by atoms with van der Waals surface area (Å²) < 4.78 is 37.0. The molecule has 0 unspecified atom stereocenters. The summed E-state index contributed by atoms with van der Waals surface area (Å²) in [6, 6.07) is 0. The van der Waals surface area contributed by atoms with Gasteiger partial charge in [-0.1, -0.05) is 0 Å². The van der Waals surface area contributed by atoms with Gasteiger partial charge in [-0.2, -0.15) is 13.2 Å². The standard InChI is InChI=1S/C6H8BF3O4/c7-5(13,14)4(11,12)3(1-2-3)6(8,9)10/h11-14H,1-2H2. The molecule has 0 atom stereocenters. The first-order valence-electron chi connectivity index (χ1n) is 3.71. The third-order valence-electron chi connectivity index (χ3n) is 2.47. The van der Waals surface area contributed by atoms with E-state index in [2.05, 4.69) is 7.85 Å². The first-order valence-corrected chi connectivity index (χ1v) is 3.71. The van der Waals surface area contributed by atoms with Gasteiger partial charge in [-0.05, 0) is 12.8 Å². The lowest BCUT2D eigenvalue weighted by Crippen LogP contribution is -2.64. The maximum atomic E-state index is 12.3. The molecule has 0 saturated heterocycles. The van der Waals surface area contributed by atoms with Crippen molar-refractivity contribution in [2.45, 2.75) is 30.5 Å². The Morgan fingerprint density at radius 3 is 1.43 bits per heavy atom. The number of rotatable bonds is 2. The molecular weight excluding hydrogens is 204 g/mol.